The highest BCUT2D eigenvalue weighted by molar-refractivity contribution is 5.96. The molecule has 0 saturated carbocycles. The van der Waals surface area contributed by atoms with Crippen molar-refractivity contribution in [1.29, 1.82) is 0 Å². The number of non-ortho nitro benzene ring substituents is 1. The molecule has 140 valence electrons. The van der Waals surface area contributed by atoms with Gasteiger partial charge in [-0.05, 0) is 48.9 Å². The molecule has 0 unspecified atom stereocenters. The molecule has 2 aromatic rings. The molecule has 0 spiro atoms. The number of amides is 2. The third kappa shape index (κ3) is 6.24. The van der Waals surface area contributed by atoms with E-state index in [9.17, 15) is 19.7 Å². The Morgan fingerprint density at radius 2 is 1.81 bits per heavy atom. The summed E-state index contributed by atoms with van der Waals surface area (Å²) in [5, 5.41) is 16.8. The van der Waals surface area contributed by atoms with Gasteiger partial charge in [0.15, 0.2) is 0 Å². The molecular formula is C18H18N4O5. The molecule has 2 aromatic carbocycles. The lowest BCUT2D eigenvalue weighted by atomic mass is 10.2. The van der Waals surface area contributed by atoms with E-state index in [2.05, 4.69) is 15.8 Å². The summed E-state index contributed by atoms with van der Waals surface area (Å²) in [7, 11) is 0. The van der Waals surface area contributed by atoms with Crippen LogP contribution in [0.3, 0.4) is 0 Å². The monoisotopic (exact) mass is 370 g/mol. The molecule has 2 rings (SSSR count). The number of nitrogens with zero attached hydrogens (tertiary/aromatic N) is 2. The first-order valence-corrected chi connectivity index (χ1v) is 8.07. The molecular weight excluding hydrogens is 352 g/mol. The number of hydrogen-bond acceptors (Lipinski definition) is 6. The summed E-state index contributed by atoms with van der Waals surface area (Å²) in [5.74, 6) is -0.243. The van der Waals surface area contributed by atoms with Crippen molar-refractivity contribution in [2.45, 2.75) is 6.92 Å². The Morgan fingerprint density at radius 3 is 2.41 bits per heavy atom. The van der Waals surface area contributed by atoms with Crippen molar-refractivity contribution in [3.63, 3.8) is 0 Å². The van der Waals surface area contributed by atoms with Crippen LogP contribution in [0.25, 0.3) is 0 Å². The summed E-state index contributed by atoms with van der Waals surface area (Å²) in [6.45, 7) is 2.15. The summed E-state index contributed by atoms with van der Waals surface area (Å²) < 4.78 is 5.29. The second-order valence-electron chi connectivity index (χ2n) is 5.28. The maximum atomic E-state index is 12.0. The van der Waals surface area contributed by atoms with Crippen molar-refractivity contribution in [2.75, 3.05) is 13.2 Å². The molecule has 0 aliphatic carbocycles. The van der Waals surface area contributed by atoms with Gasteiger partial charge in [-0.15, -0.1) is 0 Å². The van der Waals surface area contributed by atoms with Gasteiger partial charge in [0.1, 0.15) is 5.75 Å². The molecule has 2 amide bonds. The maximum Gasteiger partial charge on any atom is 0.269 e. The molecule has 0 aromatic heterocycles. The normalized spacial score (nSPS) is 10.4. The average molecular weight is 370 g/mol. The molecule has 0 aliphatic heterocycles. The fourth-order valence-electron chi connectivity index (χ4n) is 2.03. The number of nitrogens with one attached hydrogen (secondary N) is 2. The lowest BCUT2D eigenvalue weighted by Crippen LogP contribution is -2.34. The highest BCUT2D eigenvalue weighted by Gasteiger charge is 2.08. The van der Waals surface area contributed by atoms with Crippen LogP contribution in [0.5, 0.6) is 5.75 Å². The van der Waals surface area contributed by atoms with Crippen molar-refractivity contribution < 1.29 is 19.2 Å². The van der Waals surface area contributed by atoms with E-state index in [1.54, 1.807) is 24.3 Å². The second kappa shape index (κ2) is 9.66. The highest BCUT2D eigenvalue weighted by atomic mass is 16.6. The zero-order valence-corrected chi connectivity index (χ0v) is 14.5. The molecule has 0 heterocycles. The highest BCUT2D eigenvalue weighted by Crippen LogP contribution is 2.12. The minimum Gasteiger partial charge on any atom is -0.494 e. The molecule has 0 bridgehead atoms. The van der Waals surface area contributed by atoms with Crippen molar-refractivity contribution >= 4 is 23.7 Å². The Kier molecular flexibility index (Phi) is 7.00. The van der Waals surface area contributed by atoms with Gasteiger partial charge in [0.05, 0.1) is 24.3 Å². The van der Waals surface area contributed by atoms with Gasteiger partial charge in [0, 0.05) is 17.7 Å². The van der Waals surface area contributed by atoms with Gasteiger partial charge in [-0.3, -0.25) is 19.7 Å². The van der Waals surface area contributed by atoms with Gasteiger partial charge >= 0.3 is 0 Å². The lowest BCUT2D eigenvalue weighted by molar-refractivity contribution is -0.384. The molecule has 0 radical (unpaired) electrons. The fraction of sp³-hybridized carbons (Fsp3) is 0.167. The van der Waals surface area contributed by atoms with E-state index >= 15 is 0 Å². The third-order valence-electron chi connectivity index (χ3n) is 3.34. The number of ether oxygens (including phenoxy) is 1. The number of rotatable bonds is 8. The van der Waals surface area contributed by atoms with E-state index in [4.69, 9.17) is 4.74 Å². The van der Waals surface area contributed by atoms with Crippen LogP contribution in [0.15, 0.2) is 53.6 Å². The van der Waals surface area contributed by atoms with Crippen LogP contribution >= 0.6 is 0 Å². The number of nitro benzene ring substituents is 1. The molecule has 0 aliphatic rings. The number of carbonyl (C=O) groups excluding carboxylic acids is 2. The largest absolute Gasteiger partial charge is 0.494 e. The van der Waals surface area contributed by atoms with Gasteiger partial charge in [-0.25, -0.2) is 5.43 Å². The maximum absolute atomic E-state index is 12.0. The van der Waals surface area contributed by atoms with Crippen molar-refractivity contribution in [3.05, 3.63) is 69.8 Å². The van der Waals surface area contributed by atoms with Crippen LogP contribution in [0.1, 0.15) is 22.8 Å². The number of nitro groups is 1. The van der Waals surface area contributed by atoms with E-state index in [-0.39, 0.29) is 12.2 Å². The Bertz CT molecular complexity index is 832. The third-order valence-corrected chi connectivity index (χ3v) is 3.34. The van der Waals surface area contributed by atoms with E-state index in [0.717, 1.165) is 0 Å². The predicted octanol–water partition coefficient (Wildman–Crippen LogP) is 1.87. The molecule has 9 nitrogen and oxygen atoms in total. The number of hydrazone groups is 1. The molecule has 9 heteroatoms. The Labute approximate surface area is 155 Å². The van der Waals surface area contributed by atoms with Crippen molar-refractivity contribution in [3.8, 4) is 5.75 Å². The smallest absolute Gasteiger partial charge is 0.269 e. The zero-order valence-electron chi connectivity index (χ0n) is 14.5. The number of carbonyl (C=O) groups is 2. The van der Waals surface area contributed by atoms with Gasteiger partial charge in [-0.1, -0.05) is 0 Å². The van der Waals surface area contributed by atoms with Crippen molar-refractivity contribution in [2.24, 2.45) is 5.10 Å². The van der Waals surface area contributed by atoms with Crippen LogP contribution in [0.4, 0.5) is 5.69 Å². The van der Waals surface area contributed by atoms with Gasteiger partial charge in [0.2, 0.25) is 0 Å². The Hall–Kier alpha value is -3.75. The number of benzene rings is 2. The first-order chi connectivity index (χ1) is 13.0. The standard InChI is InChI=1S/C18H18N4O5/c1-2-27-16-9-5-14(6-10-16)18(24)19-12-17(23)21-20-11-13-3-7-15(8-4-13)22(25)26/h3-11H,2,12H2,1H3,(H,19,24)(H,21,23)/b20-11+. The van der Waals surface area contributed by atoms with Crippen LogP contribution in [0, 0.1) is 10.1 Å². The number of hydrogen-bond donors (Lipinski definition) is 2. The van der Waals surface area contributed by atoms with Crippen molar-refractivity contribution in [1.82, 2.24) is 10.7 Å². The topological polar surface area (TPSA) is 123 Å². The molecule has 2 N–H and O–H groups in total. The van der Waals surface area contributed by atoms with E-state index in [1.165, 1.54) is 30.5 Å². The molecule has 27 heavy (non-hydrogen) atoms. The second-order valence-corrected chi connectivity index (χ2v) is 5.28. The van der Waals surface area contributed by atoms with Gasteiger partial charge in [-0.2, -0.15) is 5.10 Å². The first-order valence-electron chi connectivity index (χ1n) is 8.07. The first kappa shape index (κ1) is 19.6. The van der Waals surface area contributed by atoms with E-state index < -0.39 is 16.7 Å². The van der Waals surface area contributed by atoms with E-state index in [0.29, 0.717) is 23.5 Å². The predicted molar refractivity (Wildman–Crippen MR) is 98.8 cm³/mol. The molecule has 0 saturated heterocycles. The minimum absolute atomic E-state index is 0.0341. The molecule has 0 atom stereocenters. The van der Waals surface area contributed by atoms with Crippen LogP contribution in [0.2, 0.25) is 0 Å². The summed E-state index contributed by atoms with van der Waals surface area (Å²) >= 11 is 0. The Balaban J connectivity index is 1.78. The summed E-state index contributed by atoms with van der Waals surface area (Å²) in [6, 6.07) is 12.2. The summed E-state index contributed by atoms with van der Waals surface area (Å²) in [4.78, 5) is 33.7. The summed E-state index contributed by atoms with van der Waals surface area (Å²) in [5.41, 5.74) is 3.22. The van der Waals surface area contributed by atoms with Crippen LogP contribution < -0.4 is 15.5 Å². The zero-order chi connectivity index (χ0) is 19.6. The SMILES string of the molecule is CCOc1ccc(C(=O)NCC(=O)N/N=C/c2ccc([N+](=O)[O-])cc2)cc1. The quantitative estimate of drug-likeness (QED) is 0.417. The summed E-state index contributed by atoms with van der Waals surface area (Å²) in [6.07, 6.45) is 1.34. The van der Waals surface area contributed by atoms with Gasteiger partial charge < -0.3 is 10.1 Å². The van der Waals surface area contributed by atoms with Crippen LogP contribution in [-0.2, 0) is 4.79 Å². The van der Waals surface area contributed by atoms with Gasteiger partial charge in [0.25, 0.3) is 17.5 Å². The average Bonchev–Trinajstić information content (AvgIpc) is 2.67. The van der Waals surface area contributed by atoms with Crippen LogP contribution in [-0.4, -0.2) is 36.1 Å². The van der Waals surface area contributed by atoms with E-state index in [1.807, 2.05) is 6.92 Å². The Morgan fingerprint density at radius 1 is 1.15 bits per heavy atom. The lowest BCUT2D eigenvalue weighted by Gasteiger charge is -2.06. The fourth-order valence-corrected chi connectivity index (χ4v) is 2.03. The minimum atomic E-state index is -0.507. The molecule has 0 fully saturated rings.